The van der Waals surface area contributed by atoms with Crippen molar-refractivity contribution in [2.75, 3.05) is 17.6 Å². The van der Waals surface area contributed by atoms with Gasteiger partial charge in [-0.25, -0.2) is 8.42 Å². The van der Waals surface area contributed by atoms with Crippen molar-refractivity contribution in [1.29, 1.82) is 0 Å². The van der Waals surface area contributed by atoms with Crippen molar-refractivity contribution in [1.82, 2.24) is 14.4 Å². The van der Waals surface area contributed by atoms with Crippen LogP contribution in [0.4, 0.5) is 0 Å². The van der Waals surface area contributed by atoms with Crippen LogP contribution in [-0.2, 0) is 14.8 Å². The average molecular weight is 599 g/mol. The molecule has 0 saturated heterocycles. The number of nitrogens with zero attached hydrogens (tertiary/aromatic N) is 1. The van der Waals surface area contributed by atoms with E-state index in [0.717, 1.165) is 10.8 Å². The number of pyridine rings is 2. The molecule has 0 aliphatic heterocycles. The van der Waals surface area contributed by atoms with Gasteiger partial charge in [0, 0.05) is 16.5 Å². The Kier molecular flexibility index (Phi) is 8.63. The molecule has 1 aromatic carbocycles. The van der Waals surface area contributed by atoms with Crippen LogP contribution >= 0.6 is 22.6 Å². The lowest BCUT2D eigenvalue weighted by Gasteiger charge is -2.16. The molecular weight excluding hydrogens is 577 g/mol. The lowest BCUT2D eigenvalue weighted by molar-refractivity contribution is -0.138. The molecular formula is C22H22IN3O7S. The molecule has 0 aliphatic carbocycles. The first kappa shape index (κ1) is 25.6. The van der Waals surface area contributed by atoms with Gasteiger partial charge in [0.05, 0.1) is 17.7 Å². The molecule has 12 heteroatoms. The molecule has 10 nitrogen and oxygen atoms in total. The maximum Gasteiger partial charge on any atom is 0.323 e. The van der Waals surface area contributed by atoms with Crippen LogP contribution < -0.4 is 20.3 Å². The van der Waals surface area contributed by atoms with Crippen molar-refractivity contribution in [3.63, 3.8) is 0 Å². The van der Waals surface area contributed by atoms with Crippen LogP contribution in [0.2, 0.25) is 0 Å². The van der Waals surface area contributed by atoms with Gasteiger partial charge in [0.1, 0.15) is 17.4 Å². The van der Waals surface area contributed by atoms with Crippen LogP contribution in [0.3, 0.4) is 0 Å². The highest BCUT2D eigenvalue weighted by molar-refractivity contribution is 14.1. The van der Waals surface area contributed by atoms with Gasteiger partial charge in [0.25, 0.3) is 11.5 Å². The Balaban J connectivity index is 1.75. The molecule has 0 saturated carbocycles. The van der Waals surface area contributed by atoms with E-state index < -0.39 is 40.0 Å². The highest BCUT2D eigenvalue weighted by Gasteiger charge is 2.26. The van der Waals surface area contributed by atoms with E-state index in [1.54, 1.807) is 24.3 Å². The van der Waals surface area contributed by atoms with E-state index in [0.29, 0.717) is 17.9 Å². The minimum atomic E-state index is -4.13. The van der Waals surface area contributed by atoms with Crippen LogP contribution in [0, 0.1) is 0 Å². The number of fused-ring (bicyclic) bond motifs is 1. The van der Waals surface area contributed by atoms with Crippen molar-refractivity contribution in [3.8, 4) is 5.75 Å². The van der Waals surface area contributed by atoms with E-state index >= 15 is 0 Å². The van der Waals surface area contributed by atoms with Gasteiger partial charge in [0.15, 0.2) is 0 Å². The van der Waals surface area contributed by atoms with Gasteiger partial charge in [-0.05, 0) is 42.8 Å². The number of carbonyl (C=O) groups excluding carboxylic acids is 1. The van der Waals surface area contributed by atoms with Gasteiger partial charge >= 0.3 is 5.97 Å². The number of aliphatic carboxylic acids is 1. The number of hydrogen-bond acceptors (Lipinski definition) is 6. The predicted octanol–water partition coefficient (Wildman–Crippen LogP) is 1.66. The number of sulfonamides is 1. The van der Waals surface area contributed by atoms with E-state index in [1.807, 2.05) is 4.72 Å². The third-order valence-electron chi connectivity index (χ3n) is 4.73. The van der Waals surface area contributed by atoms with Crippen molar-refractivity contribution < 1.29 is 27.9 Å². The summed E-state index contributed by atoms with van der Waals surface area (Å²) in [5.74, 6) is -1.85. The fourth-order valence-electron chi connectivity index (χ4n) is 3.00. The molecule has 1 amide bonds. The van der Waals surface area contributed by atoms with Crippen LogP contribution in [0.1, 0.15) is 16.8 Å². The first-order chi connectivity index (χ1) is 16.2. The molecule has 0 aliphatic rings. The lowest BCUT2D eigenvalue weighted by Crippen LogP contribution is -2.48. The maximum atomic E-state index is 12.9. The normalized spacial score (nSPS) is 12.3. The van der Waals surface area contributed by atoms with Gasteiger partial charge < -0.3 is 15.2 Å². The van der Waals surface area contributed by atoms with Crippen molar-refractivity contribution in [2.45, 2.75) is 17.4 Å². The summed E-state index contributed by atoms with van der Waals surface area (Å²) < 4.78 is 34.7. The molecule has 2 heterocycles. The second-order valence-electron chi connectivity index (χ2n) is 7.14. The topological polar surface area (TPSA) is 143 Å². The Bertz CT molecular complexity index is 1340. The number of alkyl halides is 1. The van der Waals surface area contributed by atoms with Gasteiger partial charge in [-0.1, -0.05) is 40.8 Å². The number of carboxylic acid groups (broad SMARTS) is 1. The Labute approximate surface area is 209 Å². The van der Waals surface area contributed by atoms with Crippen molar-refractivity contribution >= 4 is 50.0 Å². The number of halogens is 1. The number of hydrogen-bond donors (Lipinski definition) is 3. The highest BCUT2D eigenvalue weighted by atomic mass is 127. The van der Waals surface area contributed by atoms with Gasteiger partial charge in [-0.15, -0.1) is 0 Å². The molecule has 0 fully saturated rings. The highest BCUT2D eigenvalue weighted by Crippen LogP contribution is 2.13. The molecule has 0 unspecified atom stereocenters. The zero-order chi connectivity index (χ0) is 24.7. The SMILES string of the molecule is O=C(NC[C@H](NS(=O)(=O)c1ccccc1)C(=O)O)c1ccc2ccc(OCCCI)cn2c1=O. The number of amides is 1. The first-order valence-corrected chi connectivity index (χ1v) is 13.2. The Morgan fingerprint density at radius 3 is 2.47 bits per heavy atom. The standard InChI is InChI=1S/C22H22IN3O7S/c23-11-4-12-33-16-9-7-15-8-10-18(21(28)26(15)14-16)20(27)24-13-19(22(29)30)25-34(31,32)17-5-2-1-3-6-17/h1-3,5-10,14,19,25H,4,11-13H2,(H,24,27)(H,29,30)/t19-/m0/s1. The lowest BCUT2D eigenvalue weighted by atomic mass is 10.2. The summed E-state index contributed by atoms with van der Waals surface area (Å²) in [5.41, 5.74) is -0.301. The van der Waals surface area contributed by atoms with E-state index in [9.17, 15) is 27.9 Å². The molecule has 3 aromatic rings. The molecule has 0 bridgehead atoms. The minimum Gasteiger partial charge on any atom is -0.492 e. The number of ether oxygens (including phenoxy) is 1. The van der Waals surface area contributed by atoms with Gasteiger partial charge in [-0.3, -0.25) is 18.8 Å². The average Bonchev–Trinajstić information content (AvgIpc) is 2.82. The quantitative estimate of drug-likeness (QED) is 0.173. The smallest absolute Gasteiger partial charge is 0.323 e. The maximum absolute atomic E-state index is 12.9. The number of aromatic nitrogens is 1. The molecule has 0 radical (unpaired) electrons. The zero-order valence-electron chi connectivity index (χ0n) is 17.8. The van der Waals surface area contributed by atoms with E-state index in [2.05, 4.69) is 27.9 Å². The van der Waals surface area contributed by atoms with Crippen molar-refractivity contribution in [3.05, 3.63) is 76.7 Å². The minimum absolute atomic E-state index is 0.114. The number of carbonyl (C=O) groups is 2. The van der Waals surface area contributed by atoms with Gasteiger partial charge in [-0.2, -0.15) is 4.72 Å². The molecule has 3 rings (SSSR count). The molecule has 180 valence electrons. The van der Waals surface area contributed by atoms with Crippen LogP contribution in [0.25, 0.3) is 5.52 Å². The molecule has 3 N–H and O–H groups in total. The summed E-state index contributed by atoms with van der Waals surface area (Å²) in [7, 11) is -4.13. The second-order valence-corrected chi connectivity index (χ2v) is 9.93. The third-order valence-corrected chi connectivity index (χ3v) is 6.98. The number of benzene rings is 1. The number of carboxylic acids is 1. The summed E-state index contributed by atoms with van der Waals surface area (Å²) in [6, 6.07) is 11.9. The molecule has 2 aromatic heterocycles. The van der Waals surface area contributed by atoms with Crippen molar-refractivity contribution in [2.24, 2.45) is 0 Å². The van der Waals surface area contributed by atoms with E-state index in [4.69, 9.17) is 4.74 Å². The van der Waals surface area contributed by atoms with Gasteiger partial charge in [0.2, 0.25) is 10.0 Å². The van der Waals surface area contributed by atoms with E-state index in [1.165, 1.54) is 40.9 Å². The zero-order valence-corrected chi connectivity index (χ0v) is 20.8. The predicted molar refractivity (Wildman–Crippen MR) is 133 cm³/mol. The first-order valence-electron chi connectivity index (χ1n) is 10.2. The fraction of sp³-hybridized carbons (Fsp3) is 0.227. The summed E-state index contributed by atoms with van der Waals surface area (Å²) in [4.78, 5) is 37.0. The Hall–Kier alpha value is -2.97. The van der Waals surface area contributed by atoms with Crippen LogP contribution in [0.15, 0.2) is 70.5 Å². The summed E-state index contributed by atoms with van der Waals surface area (Å²) >= 11 is 2.23. The number of rotatable bonds is 11. The van der Waals surface area contributed by atoms with E-state index in [-0.39, 0.29) is 10.5 Å². The van der Waals surface area contributed by atoms with Crippen LogP contribution in [0.5, 0.6) is 5.75 Å². The number of nitrogens with one attached hydrogen (secondary N) is 2. The molecule has 0 spiro atoms. The second kappa shape index (κ2) is 11.4. The molecule has 34 heavy (non-hydrogen) atoms. The summed E-state index contributed by atoms with van der Waals surface area (Å²) in [6.45, 7) is -0.0827. The Morgan fingerprint density at radius 1 is 1.09 bits per heavy atom. The summed E-state index contributed by atoms with van der Waals surface area (Å²) in [6.07, 6.45) is 2.32. The largest absolute Gasteiger partial charge is 0.492 e. The fourth-order valence-corrected chi connectivity index (χ4v) is 4.52. The van der Waals surface area contributed by atoms with Crippen LogP contribution in [-0.4, -0.2) is 53.4 Å². The third kappa shape index (κ3) is 6.33. The molecule has 1 atom stereocenters. The summed E-state index contributed by atoms with van der Waals surface area (Å²) in [5, 5.41) is 11.7. The monoisotopic (exact) mass is 599 g/mol. The Morgan fingerprint density at radius 2 is 1.79 bits per heavy atom.